The molecule has 3 nitrogen and oxygen atoms in total. The van der Waals surface area contributed by atoms with Crippen molar-refractivity contribution in [3.8, 4) is 11.5 Å². The quantitative estimate of drug-likeness (QED) is 0.358. The largest absolute Gasteiger partial charge is 0.490 e. The van der Waals surface area contributed by atoms with Crippen LogP contribution in [0.25, 0.3) is 0 Å². The minimum atomic E-state index is 0.402. The topological polar surface area (TPSA) is 30.5 Å². The summed E-state index contributed by atoms with van der Waals surface area (Å²) in [6, 6.07) is 12.6. The molecule has 178 valence electrons. The average molecular weight is 533 g/mol. The average Bonchev–Trinajstić information content (AvgIpc) is 2.77. The van der Waals surface area contributed by atoms with Crippen LogP contribution in [-0.2, 0) is 13.2 Å². The molecule has 1 unspecified atom stereocenters. The maximum atomic E-state index is 6.31. The van der Waals surface area contributed by atoms with E-state index in [4.69, 9.17) is 21.1 Å². The number of rotatable bonds is 9. The van der Waals surface area contributed by atoms with Crippen LogP contribution in [0.15, 0.2) is 40.9 Å². The highest BCUT2D eigenvalue weighted by Gasteiger charge is 2.52. The summed E-state index contributed by atoms with van der Waals surface area (Å²) in [5, 5.41) is 4.62. The van der Waals surface area contributed by atoms with Crippen LogP contribution in [0.5, 0.6) is 11.5 Å². The minimum absolute atomic E-state index is 0.402. The van der Waals surface area contributed by atoms with Gasteiger partial charge in [-0.2, -0.15) is 0 Å². The molecule has 0 saturated heterocycles. The lowest BCUT2D eigenvalue weighted by Crippen LogP contribution is -2.54. The van der Waals surface area contributed by atoms with E-state index < -0.39 is 0 Å². The lowest BCUT2D eigenvalue weighted by atomic mass is 9.48. The third kappa shape index (κ3) is 4.94. The van der Waals surface area contributed by atoms with Crippen LogP contribution in [0.1, 0.15) is 63.5 Å². The van der Waals surface area contributed by atoms with E-state index in [9.17, 15) is 0 Å². The van der Waals surface area contributed by atoms with Crippen LogP contribution < -0.4 is 14.8 Å². The second-order valence-electron chi connectivity index (χ2n) is 10.6. The summed E-state index contributed by atoms with van der Waals surface area (Å²) in [6.07, 6.45) is 8.76. The van der Waals surface area contributed by atoms with Crippen LogP contribution in [0.4, 0.5) is 0 Å². The summed E-state index contributed by atoms with van der Waals surface area (Å²) in [4.78, 5) is 0. The Kier molecular flexibility index (Phi) is 6.98. The predicted molar refractivity (Wildman–Crippen MR) is 138 cm³/mol. The van der Waals surface area contributed by atoms with Crippen molar-refractivity contribution in [1.29, 1.82) is 0 Å². The highest BCUT2D eigenvalue weighted by Crippen LogP contribution is 2.61. The molecule has 4 bridgehead atoms. The molecule has 0 aliphatic heterocycles. The van der Waals surface area contributed by atoms with Gasteiger partial charge < -0.3 is 14.8 Å². The first-order valence-electron chi connectivity index (χ1n) is 12.5. The van der Waals surface area contributed by atoms with Gasteiger partial charge in [0.05, 0.1) is 11.1 Å². The highest BCUT2D eigenvalue weighted by molar-refractivity contribution is 9.10. The molecule has 33 heavy (non-hydrogen) atoms. The monoisotopic (exact) mass is 531 g/mol. The van der Waals surface area contributed by atoms with Gasteiger partial charge in [-0.15, -0.1) is 0 Å². The third-order valence-electron chi connectivity index (χ3n) is 8.32. The van der Waals surface area contributed by atoms with Gasteiger partial charge in [0.2, 0.25) is 0 Å². The number of hydrogen-bond donors (Lipinski definition) is 1. The molecule has 5 heteroatoms. The normalized spacial score (nSPS) is 28.7. The van der Waals surface area contributed by atoms with E-state index in [0.717, 1.165) is 45.8 Å². The zero-order valence-corrected chi connectivity index (χ0v) is 22.1. The molecule has 4 aliphatic carbocycles. The predicted octanol–water partition coefficient (Wildman–Crippen LogP) is 7.77. The molecular weight excluding hydrogens is 498 g/mol. The van der Waals surface area contributed by atoms with Gasteiger partial charge in [0.1, 0.15) is 6.61 Å². The van der Waals surface area contributed by atoms with Crippen molar-refractivity contribution in [3.63, 3.8) is 0 Å². The van der Waals surface area contributed by atoms with Gasteiger partial charge in [-0.05, 0) is 115 Å². The second kappa shape index (κ2) is 9.79. The lowest BCUT2D eigenvalue weighted by Gasteiger charge is -2.59. The standard InChI is InChI=1S/C28H35BrClNO2/c1-3-32-26-12-22(11-24(29)27(26)33-17-23-6-4-5-7-25(23)30)16-31-18(2)28-13-19-8-20(14-28)10-21(9-19)15-28/h4-7,11-12,18-21,31H,3,8-10,13-17H2,1-2H3. The Hall–Kier alpha value is -1.23. The van der Waals surface area contributed by atoms with Crippen molar-refractivity contribution in [1.82, 2.24) is 5.32 Å². The maximum Gasteiger partial charge on any atom is 0.175 e. The van der Waals surface area contributed by atoms with Gasteiger partial charge in [-0.3, -0.25) is 0 Å². The van der Waals surface area contributed by atoms with Crippen LogP contribution in [0, 0.1) is 23.2 Å². The molecule has 4 aliphatic rings. The first kappa shape index (κ1) is 23.5. The van der Waals surface area contributed by atoms with Crippen molar-refractivity contribution in [2.24, 2.45) is 23.2 Å². The number of hydrogen-bond acceptors (Lipinski definition) is 3. The summed E-state index contributed by atoms with van der Waals surface area (Å²) in [5.41, 5.74) is 2.68. The van der Waals surface area contributed by atoms with E-state index in [1.165, 1.54) is 44.1 Å². The van der Waals surface area contributed by atoms with Gasteiger partial charge >= 0.3 is 0 Å². The number of ether oxygens (including phenoxy) is 2. The van der Waals surface area contributed by atoms with Gasteiger partial charge in [0.25, 0.3) is 0 Å². The van der Waals surface area contributed by atoms with Crippen LogP contribution in [0.3, 0.4) is 0 Å². The van der Waals surface area contributed by atoms with Gasteiger partial charge in [-0.25, -0.2) is 0 Å². The molecule has 1 N–H and O–H groups in total. The third-order valence-corrected chi connectivity index (χ3v) is 9.27. The van der Waals surface area contributed by atoms with E-state index in [-0.39, 0.29) is 0 Å². The summed E-state index contributed by atoms with van der Waals surface area (Å²) >= 11 is 10.0. The van der Waals surface area contributed by atoms with Crippen molar-refractivity contribution in [2.75, 3.05) is 6.61 Å². The number of halogens is 2. The molecule has 2 aromatic rings. The van der Waals surface area contributed by atoms with Crippen LogP contribution >= 0.6 is 27.5 Å². The molecule has 0 amide bonds. The molecule has 0 heterocycles. The summed E-state index contributed by atoms with van der Waals surface area (Å²) < 4.78 is 13.0. The first-order chi connectivity index (χ1) is 16.0. The molecule has 6 rings (SSSR count). The van der Waals surface area contributed by atoms with Crippen molar-refractivity contribution in [3.05, 3.63) is 57.0 Å². The van der Waals surface area contributed by atoms with Gasteiger partial charge in [0, 0.05) is 23.2 Å². The summed E-state index contributed by atoms with van der Waals surface area (Å²) in [5.74, 6) is 4.45. The number of benzene rings is 2. The Morgan fingerprint density at radius 1 is 1.06 bits per heavy atom. The lowest BCUT2D eigenvalue weighted by molar-refractivity contribution is -0.0706. The summed E-state index contributed by atoms with van der Waals surface area (Å²) in [7, 11) is 0. The Morgan fingerprint density at radius 2 is 1.73 bits per heavy atom. The molecule has 1 atom stereocenters. The maximum absolute atomic E-state index is 6.31. The second-order valence-corrected chi connectivity index (χ2v) is 11.9. The van der Waals surface area contributed by atoms with Gasteiger partial charge in [0.15, 0.2) is 11.5 Å². The van der Waals surface area contributed by atoms with Gasteiger partial charge in [-0.1, -0.05) is 29.8 Å². The van der Waals surface area contributed by atoms with Crippen molar-refractivity contribution in [2.45, 2.75) is 71.6 Å². The Labute approximate surface area is 211 Å². The Balaban J connectivity index is 1.27. The molecule has 0 radical (unpaired) electrons. The minimum Gasteiger partial charge on any atom is -0.490 e. The fourth-order valence-corrected chi connectivity index (χ4v) is 7.88. The van der Waals surface area contributed by atoms with Crippen LogP contribution in [-0.4, -0.2) is 12.6 Å². The molecular formula is C28H35BrClNO2. The van der Waals surface area contributed by atoms with E-state index in [1.807, 2.05) is 31.2 Å². The molecule has 0 spiro atoms. The molecule has 0 aromatic heterocycles. The zero-order chi connectivity index (χ0) is 23.0. The highest BCUT2D eigenvalue weighted by atomic mass is 79.9. The van der Waals surface area contributed by atoms with E-state index in [0.29, 0.717) is 29.7 Å². The Bertz CT molecular complexity index is 959. The van der Waals surface area contributed by atoms with E-state index in [1.54, 1.807) is 0 Å². The van der Waals surface area contributed by atoms with E-state index in [2.05, 4.69) is 40.3 Å². The zero-order valence-electron chi connectivity index (χ0n) is 19.7. The van der Waals surface area contributed by atoms with Crippen LogP contribution in [0.2, 0.25) is 5.02 Å². The Morgan fingerprint density at radius 3 is 2.36 bits per heavy atom. The van der Waals surface area contributed by atoms with Crippen molar-refractivity contribution < 1.29 is 9.47 Å². The molecule has 4 saturated carbocycles. The first-order valence-corrected chi connectivity index (χ1v) is 13.7. The molecule has 4 fully saturated rings. The van der Waals surface area contributed by atoms with Crippen molar-refractivity contribution >= 4 is 27.5 Å². The smallest absolute Gasteiger partial charge is 0.175 e. The number of nitrogens with one attached hydrogen (secondary N) is 1. The fraction of sp³-hybridized carbons (Fsp3) is 0.571. The fourth-order valence-electron chi connectivity index (χ4n) is 7.09. The summed E-state index contributed by atoms with van der Waals surface area (Å²) in [6.45, 7) is 6.26. The molecule has 2 aromatic carbocycles. The van der Waals surface area contributed by atoms with E-state index >= 15 is 0 Å². The SMILES string of the molecule is CCOc1cc(CNC(C)C23CC4CC(CC(C4)C2)C3)cc(Br)c1OCc1ccccc1Cl.